The lowest BCUT2D eigenvalue weighted by Crippen LogP contribution is -2.61. The number of allylic oxidation sites excluding steroid dienone is 1. The molecule has 0 unspecified atom stereocenters. The summed E-state index contributed by atoms with van der Waals surface area (Å²) in [6.07, 6.45) is -9.13. The number of fused-ring (bicyclic) bond motifs is 7. The van der Waals surface area contributed by atoms with Crippen molar-refractivity contribution in [1.29, 1.82) is 0 Å². The molecule has 0 radical (unpaired) electrons. The molecule has 0 aromatic rings. The monoisotopic (exact) mass is 872 g/mol. The highest BCUT2D eigenvalue weighted by Gasteiger charge is 2.65. The lowest BCUT2D eigenvalue weighted by Gasteiger charge is -2.61. The number of aliphatic hydroxyl groups is 10. The van der Waals surface area contributed by atoms with Gasteiger partial charge in [0.1, 0.15) is 73.2 Å². The number of hydrogen-bond donors (Lipinski definition) is 10. The average molecular weight is 873 g/mol. The standard InChI is InChI=1S/C44H72O17/c1-19(16-55-41-38(53)35(50)33(48)29(15-45)60-41)5-8-27-20(2)31-28(59-27)14-25-23-7-6-21-13-22(9-11-43(21,3)24(23)10-12-44(25,31)4)58-42-39(54)36(51)34(49)30(61-42)18-57-40-37(52)32(47)26(46)17-56-40/h19,21-26,28-42,45-54H,5-18H2,1-4H3/t19-,21+,22-,23+,24-,25-,26+,28-,29+,30+,31-,32-,33+,34+,35-,36-,37+,38+,39+,40-,41+,42+,43-,44-/m0/s1. The molecule has 61 heavy (non-hydrogen) atoms. The van der Waals surface area contributed by atoms with Gasteiger partial charge in [-0.3, -0.25) is 0 Å². The fraction of sp³-hybridized carbons (Fsp3) is 0.955. The second-order valence-corrected chi connectivity index (χ2v) is 20.5. The van der Waals surface area contributed by atoms with E-state index >= 15 is 0 Å². The van der Waals surface area contributed by atoms with Crippen molar-refractivity contribution in [3.63, 3.8) is 0 Å². The Labute approximate surface area is 357 Å². The average Bonchev–Trinajstić information content (AvgIpc) is 3.73. The molecule has 8 aliphatic rings. The predicted molar refractivity (Wildman–Crippen MR) is 212 cm³/mol. The molecule has 7 fully saturated rings. The van der Waals surface area contributed by atoms with E-state index in [-0.39, 0.29) is 48.8 Å². The first-order chi connectivity index (χ1) is 29.0. The van der Waals surface area contributed by atoms with Crippen molar-refractivity contribution in [3.05, 3.63) is 11.3 Å². The Morgan fingerprint density at radius 2 is 1.38 bits per heavy atom. The van der Waals surface area contributed by atoms with E-state index in [2.05, 4.69) is 27.7 Å². The highest BCUT2D eigenvalue weighted by molar-refractivity contribution is 5.26. The molecule has 17 nitrogen and oxygen atoms in total. The predicted octanol–water partition coefficient (Wildman–Crippen LogP) is -0.191. The maximum Gasteiger partial charge on any atom is 0.186 e. The fourth-order valence-electron chi connectivity index (χ4n) is 13.3. The smallest absolute Gasteiger partial charge is 0.186 e. The van der Waals surface area contributed by atoms with Gasteiger partial charge in [0.25, 0.3) is 0 Å². The highest BCUT2D eigenvalue weighted by Crippen LogP contribution is 2.70. The minimum atomic E-state index is -1.56. The van der Waals surface area contributed by atoms with Gasteiger partial charge < -0.3 is 84.2 Å². The van der Waals surface area contributed by atoms with E-state index in [0.717, 1.165) is 63.5 Å². The van der Waals surface area contributed by atoms with Crippen LogP contribution < -0.4 is 0 Å². The van der Waals surface area contributed by atoms with Crippen LogP contribution in [0.15, 0.2) is 11.3 Å². The molecule has 17 heteroatoms. The number of aliphatic hydroxyl groups excluding tert-OH is 10. The van der Waals surface area contributed by atoms with E-state index in [1.54, 1.807) is 0 Å². The molecule has 24 atom stereocenters. The molecular formula is C44H72O17. The van der Waals surface area contributed by atoms with Crippen molar-refractivity contribution in [3.8, 4) is 0 Å². The molecule has 0 aromatic heterocycles. The van der Waals surface area contributed by atoms with E-state index in [9.17, 15) is 51.1 Å². The Balaban J connectivity index is 0.834. The zero-order valence-electron chi connectivity index (χ0n) is 35.9. The molecule has 0 spiro atoms. The van der Waals surface area contributed by atoms with Crippen LogP contribution in [0.1, 0.15) is 91.9 Å². The molecule has 8 rings (SSSR count). The third-order valence-electron chi connectivity index (χ3n) is 17.0. The van der Waals surface area contributed by atoms with Gasteiger partial charge in [-0.1, -0.05) is 20.8 Å². The van der Waals surface area contributed by atoms with Gasteiger partial charge in [-0.15, -0.1) is 0 Å². The highest BCUT2D eigenvalue weighted by atomic mass is 16.7. The van der Waals surface area contributed by atoms with E-state index in [1.165, 1.54) is 12.0 Å². The molecule has 4 aliphatic carbocycles. The fourth-order valence-corrected chi connectivity index (χ4v) is 13.3. The van der Waals surface area contributed by atoms with Crippen LogP contribution in [0.2, 0.25) is 0 Å². The van der Waals surface area contributed by atoms with Crippen LogP contribution in [0.5, 0.6) is 0 Å². The first-order valence-corrected chi connectivity index (χ1v) is 22.9. The van der Waals surface area contributed by atoms with Gasteiger partial charge in [0.15, 0.2) is 18.9 Å². The molecule has 10 N–H and O–H groups in total. The Bertz CT molecular complexity index is 1530. The molecular weight excluding hydrogens is 800 g/mol. The summed E-state index contributed by atoms with van der Waals surface area (Å²) in [4.78, 5) is 0. The van der Waals surface area contributed by atoms with E-state index in [0.29, 0.717) is 29.6 Å². The van der Waals surface area contributed by atoms with Crippen molar-refractivity contribution >= 4 is 0 Å². The van der Waals surface area contributed by atoms with Crippen molar-refractivity contribution in [1.82, 2.24) is 0 Å². The molecule has 4 aliphatic heterocycles. The maximum atomic E-state index is 10.9. The molecule has 0 aromatic carbocycles. The van der Waals surface area contributed by atoms with Crippen LogP contribution in [0.25, 0.3) is 0 Å². The zero-order chi connectivity index (χ0) is 43.7. The van der Waals surface area contributed by atoms with Crippen LogP contribution in [-0.2, 0) is 33.2 Å². The second-order valence-electron chi connectivity index (χ2n) is 20.5. The third kappa shape index (κ3) is 8.49. The van der Waals surface area contributed by atoms with Crippen molar-refractivity contribution < 1.29 is 84.2 Å². The summed E-state index contributed by atoms with van der Waals surface area (Å²) >= 11 is 0. The maximum absolute atomic E-state index is 10.9. The topological polar surface area (TPSA) is 267 Å². The normalized spacial score (nSPS) is 52.8. The molecule has 0 amide bonds. The van der Waals surface area contributed by atoms with Gasteiger partial charge in [0, 0.05) is 12.3 Å². The van der Waals surface area contributed by atoms with Crippen molar-refractivity contribution in [2.24, 2.45) is 46.3 Å². The van der Waals surface area contributed by atoms with Crippen LogP contribution in [0, 0.1) is 46.3 Å². The van der Waals surface area contributed by atoms with Gasteiger partial charge in [0.05, 0.1) is 38.3 Å². The lowest BCUT2D eigenvalue weighted by molar-refractivity contribution is -0.331. The first kappa shape index (κ1) is 46.4. The van der Waals surface area contributed by atoms with Crippen LogP contribution in [0.3, 0.4) is 0 Å². The Morgan fingerprint density at radius 1 is 0.705 bits per heavy atom. The molecule has 4 saturated carbocycles. The molecule has 350 valence electrons. The van der Waals surface area contributed by atoms with Crippen molar-refractivity contribution in [2.45, 2.75) is 190 Å². The number of hydrogen-bond acceptors (Lipinski definition) is 17. The van der Waals surface area contributed by atoms with Crippen LogP contribution in [0.4, 0.5) is 0 Å². The van der Waals surface area contributed by atoms with Gasteiger partial charge in [0.2, 0.25) is 0 Å². The first-order valence-electron chi connectivity index (χ1n) is 22.9. The minimum absolute atomic E-state index is 0.106. The Kier molecular flexibility index (Phi) is 13.9. The summed E-state index contributed by atoms with van der Waals surface area (Å²) < 4.78 is 41.4. The van der Waals surface area contributed by atoms with Gasteiger partial charge >= 0.3 is 0 Å². The van der Waals surface area contributed by atoms with Gasteiger partial charge in [-0.2, -0.15) is 0 Å². The van der Waals surface area contributed by atoms with Crippen LogP contribution in [-0.4, -0.2) is 176 Å². The molecule has 3 saturated heterocycles. The minimum Gasteiger partial charge on any atom is -0.494 e. The molecule has 4 heterocycles. The van der Waals surface area contributed by atoms with E-state index in [4.69, 9.17) is 33.2 Å². The summed E-state index contributed by atoms with van der Waals surface area (Å²) in [5, 5.41) is 102. The SMILES string of the molecule is CC1=C(CC[C@H](C)CO[C@@H]2O[C@H](CO)[C@@H](O)[C@H](O)[C@H]2O)O[C@H]2C[C@H]3[C@@H]4CC[C@@H]5C[C@@H](O[C@@H]6O[C@H](CO[C@@H]7OC[C@@H](O)[C@H](O)[C@H]7O)[C@@H](O)[C@H](O)[C@H]6O)CC[C@]5(C)[C@H]4CC[C@]3(C)[C@@H]12. The number of ether oxygens (including phenoxy) is 7. The van der Waals surface area contributed by atoms with E-state index in [1.807, 2.05) is 0 Å². The Hall–Kier alpha value is -1.10. The molecule has 0 bridgehead atoms. The lowest BCUT2D eigenvalue weighted by atomic mass is 9.44. The zero-order valence-corrected chi connectivity index (χ0v) is 35.9. The summed E-state index contributed by atoms with van der Waals surface area (Å²) in [5.74, 6) is 3.76. The number of rotatable bonds is 12. The second kappa shape index (κ2) is 18.3. The quantitative estimate of drug-likeness (QED) is 0.114. The third-order valence-corrected chi connectivity index (χ3v) is 17.0. The summed E-state index contributed by atoms with van der Waals surface area (Å²) in [6.45, 7) is 8.50. The van der Waals surface area contributed by atoms with Crippen LogP contribution >= 0.6 is 0 Å². The van der Waals surface area contributed by atoms with Gasteiger partial charge in [-0.05, 0) is 111 Å². The Morgan fingerprint density at radius 3 is 2.11 bits per heavy atom. The van der Waals surface area contributed by atoms with Gasteiger partial charge in [-0.25, -0.2) is 0 Å². The van der Waals surface area contributed by atoms with Crippen molar-refractivity contribution in [2.75, 3.05) is 26.4 Å². The summed E-state index contributed by atoms with van der Waals surface area (Å²) in [7, 11) is 0. The largest absolute Gasteiger partial charge is 0.494 e. The summed E-state index contributed by atoms with van der Waals surface area (Å²) in [5.41, 5.74) is 1.66. The summed E-state index contributed by atoms with van der Waals surface area (Å²) in [6, 6.07) is 0. The van der Waals surface area contributed by atoms with E-state index < -0.39 is 92.6 Å².